The molecule has 3 heterocycles. The van der Waals surface area contributed by atoms with Crippen LogP contribution in [0, 0.1) is 0 Å². The van der Waals surface area contributed by atoms with Crippen LogP contribution >= 0.6 is 0 Å². The fraction of sp³-hybridized carbons (Fsp3) is 0.172. The summed E-state index contributed by atoms with van der Waals surface area (Å²) in [6.45, 7) is 16.7. The lowest BCUT2D eigenvalue weighted by Gasteiger charge is -2.29. The topological polar surface area (TPSA) is 33.5 Å². The lowest BCUT2D eigenvalue weighted by molar-refractivity contribution is 0.483. The summed E-state index contributed by atoms with van der Waals surface area (Å²) in [6, 6.07) is 74.4. The largest absolute Gasteiger partial charge is 0.457 e. The Labute approximate surface area is 406 Å². The van der Waals surface area contributed by atoms with Gasteiger partial charge in [-0.1, -0.05) is 170 Å². The normalized spacial score (nSPS) is 13.0. The van der Waals surface area contributed by atoms with E-state index in [0.717, 1.165) is 50.8 Å². The third kappa shape index (κ3) is 8.02. The van der Waals surface area contributed by atoms with Crippen LogP contribution in [0.25, 0.3) is 38.8 Å². The van der Waals surface area contributed by atoms with E-state index in [0.29, 0.717) is 6.67 Å². The first-order valence-electron chi connectivity index (χ1n) is 24.1. The number of pyridine rings is 1. The van der Waals surface area contributed by atoms with E-state index in [2.05, 4.69) is 269 Å². The van der Waals surface area contributed by atoms with Crippen molar-refractivity contribution in [2.24, 2.45) is 0 Å². The predicted octanol–water partition coefficient (Wildman–Crippen LogP) is 16.8. The second-order valence-electron chi connectivity index (χ2n) is 20.6. The monoisotopic (exact) mass is 898 g/mol. The summed E-state index contributed by atoms with van der Waals surface area (Å²) in [5.74, 6) is 2.41. The van der Waals surface area contributed by atoms with E-state index in [1.165, 1.54) is 50.0 Å². The number of hydrogen-bond donors (Lipinski definition) is 0. The molecule has 0 aliphatic carbocycles. The number of fused-ring (bicyclic) bond motifs is 4. The molecule has 5 heteroatoms. The Balaban J connectivity index is 0.980. The molecule has 0 saturated carbocycles. The van der Waals surface area contributed by atoms with E-state index in [1.54, 1.807) is 0 Å². The third-order valence-corrected chi connectivity index (χ3v) is 14.5. The van der Waals surface area contributed by atoms with Crippen molar-refractivity contribution in [2.75, 3.05) is 16.5 Å². The molecule has 0 spiro atoms. The Kier molecular flexibility index (Phi) is 10.8. The van der Waals surface area contributed by atoms with E-state index >= 15 is 0 Å². The van der Waals surface area contributed by atoms with E-state index in [1.807, 2.05) is 6.20 Å². The Bertz CT molecular complexity index is 3490. The maximum atomic E-state index is 6.88. The zero-order valence-corrected chi connectivity index (χ0v) is 40.6. The van der Waals surface area contributed by atoms with Crippen LogP contribution in [0.3, 0.4) is 0 Å². The van der Waals surface area contributed by atoms with Gasteiger partial charge in [0.1, 0.15) is 24.0 Å². The molecule has 1 aliphatic rings. The van der Waals surface area contributed by atoms with Crippen LogP contribution in [0.1, 0.15) is 76.3 Å². The lowest BCUT2D eigenvalue weighted by Crippen LogP contribution is -2.25. The first-order valence-corrected chi connectivity index (χ1v) is 24.1. The van der Waals surface area contributed by atoms with Crippen LogP contribution in [0.4, 0.5) is 22.7 Å². The van der Waals surface area contributed by atoms with Gasteiger partial charge in [-0.25, -0.2) is 4.98 Å². The maximum absolute atomic E-state index is 6.88. The third-order valence-electron chi connectivity index (χ3n) is 14.5. The van der Waals surface area contributed by atoms with Crippen LogP contribution in [-0.2, 0) is 16.2 Å². The van der Waals surface area contributed by atoms with Crippen molar-refractivity contribution < 1.29 is 4.74 Å². The predicted molar refractivity (Wildman–Crippen MR) is 288 cm³/mol. The minimum atomic E-state index is -0.206. The zero-order valence-electron chi connectivity index (χ0n) is 40.6. The molecule has 0 bridgehead atoms. The van der Waals surface area contributed by atoms with Crippen molar-refractivity contribution in [1.29, 1.82) is 0 Å². The Morgan fingerprint density at radius 1 is 0.406 bits per heavy atom. The highest BCUT2D eigenvalue weighted by molar-refractivity contribution is 6.10. The molecule has 1 aliphatic heterocycles. The van der Waals surface area contributed by atoms with Crippen LogP contribution in [0.2, 0.25) is 0 Å². The van der Waals surface area contributed by atoms with Gasteiger partial charge in [0.15, 0.2) is 0 Å². The van der Waals surface area contributed by atoms with Gasteiger partial charge >= 0.3 is 0 Å². The van der Waals surface area contributed by atoms with Crippen molar-refractivity contribution in [3.8, 4) is 28.4 Å². The fourth-order valence-corrected chi connectivity index (χ4v) is 10.2. The van der Waals surface area contributed by atoms with Crippen molar-refractivity contribution in [2.45, 2.75) is 64.7 Å². The van der Waals surface area contributed by atoms with Gasteiger partial charge in [0.2, 0.25) is 0 Å². The Morgan fingerprint density at radius 3 is 1.71 bits per heavy atom. The van der Waals surface area contributed by atoms with Gasteiger partial charge in [0.25, 0.3) is 0 Å². The highest BCUT2D eigenvalue weighted by Crippen LogP contribution is 2.48. The molecule has 340 valence electrons. The Morgan fingerprint density at radius 2 is 1.01 bits per heavy atom. The smallest absolute Gasteiger partial charge is 0.137 e. The SMILES string of the molecule is CC(C)(C)c1ccnc(-n2c3ccc(-c4ccccc4)cc3c3ccc(Oc4cccc(N5CN(c6cccc(C(C)(C)c7ccccc7)c6)c6cc(C(C)(C)c7ccccc7)ccc65)c4)cc32)c1. The van der Waals surface area contributed by atoms with Crippen molar-refractivity contribution in [3.63, 3.8) is 0 Å². The highest BCUT2D eigenvalue weighted by Gasteiger charge is 2.33. The molecule has 5 nitrogen and oxygen atoms in total. The second kappa shape index (κ2) is 17.0. The van der Waals surface area contributed by atoms with Gasteiger partial charge in [-0.15, -0.1) is 0 Å². The molecule has 10 aromatic rings. The van der Waals surface area contributed by atoms with Gasteiger partial charge < -0.3 is 14.5 Å². The zero-order chi connectivity index (χ0) is 47.5. The van der Waals surface area contributed by atoms with E-state index < -0.39 is 0 Å². The van der Waals surface area contributed by atoms with E-state index in [9.17, 15) is 0 Å². The maximum Gasteiger partial charge on any atom is 0.137 e. The molecule has 69 heavy (non-hydrogen) atoms. The van der Waals surface area contributed by atoms with Gasteiger partial charge in [0, 0.05) is 51.3 Å². The molecule has 0 atom stereocenters. The number of aromatic nitrogens is 2. The molecular weight excluding hydrogens is 841 g/mol. The molecule has 2 aromatic heterocycles. The number of benzene rings is 8. The van der Waals surface area contributed by atoms with E-state index in [-0.39, 0.29) is 16.2 Å². The summed E-state index contributed by atoms with van der Waals surface area (Å²) in [6.07, 6.45) is 1.93. The number of ether oxygens (including phenoxy) is 1. The standard InChI is InChI=1S/C64H58N4O/c1-62(2,3)48-35-36-65-61(40-48)68-57-33-29-45(44-19-11-8-12-20-44)37-56(57)55-32-31-54(42-59(55)68)69-53-28-18-27-52(41-53)66-43-67(51-26-17-25-49(38-51)63(4,5)46-21-13-9-14-22-46)60-39-50(30-34-58(60)66)64(6,7)47-23-15-10-16-24-47/h8-42H,43H2,1-7H3. The van der Waals surface area contributed by atoms with Crippen LogP contribution in [0.5, 0.6) is 11.5 Å². The number of nitrogens with zero attached hydrogens (tertiary/aromatic N) is 4. The highest BCUT2D eigenvalue weighted by atomic mass is 16.5. The first-order chi connectivity index (χ1) is 33.3. The number of hydrogen-bond acceptors (Lipinski definition) is 4. The van der Waals surface area contributed by atoms with Crippen LogP contribution < -0.4 is 14.5 Å². The van der Waals surface area contributed by atoms with Crippen LogP contribution in [0.15, 0.2) is 212 Å². The first kappa shape index (κ1) is 43.7. The second-order valence-corrected chi connectivity index (χ2v) is 20.6. The molecule has 11 rings (SSSR count). The van der Waals surface area contributed by atoms with E-state index in [4.69, 9.17) is 9.72 Å². The molecule has 0 fully saturated rings. The van der Waals surface area contributed by atoms with Crippen LogP contribution in [-0.4, -0.2) is 16.2 Å². The lowest BCUT2D eigenvalue weighted by atomic mass is 9.77. The average molecular weight is 899 g/mol. The summed E-state index contributed by atoms with van der Waals surface area (Å²) in [7, 11) is 0. The molecular formula is C64H58N4O. The fourth-order valence-electron chi connectivity index (χ4n) is 10.2. The molecule has 0 amide bonds. The minimum absolute atomic E-state index is 0.0343. The average Bonchev–Trinajstić information content (AvgIpc) is 3.92. The number of anilines is 4. The van der Waals surface area contributed by atoms with Crippen molar-refractivity contribution >= 4 is 44.6 Å². The summed E-state index contributed by atoms with van der Waals surface area (Å²) in [5.41, 5.74) is 15.0. The molecule has 0 N–H and O–H groups in total. The Hall–Kier alpha value is -7.89. The minimum Gasteiger partial charge on any atom is -0.457 e. The summed E-state index contributed by atoms with van der Waals surface area (Å²) in [4.78, 5) is 9.85. The van der Waals surface area contributed by atoms with Crippen molar-refractivity contribution in [3.05, 3.63) is 240 Å². The molecule has 0 radical (unpaired) electrons. The summed E-state index contributed by atoms with van der Waals surface area (Å²) < 4.78 is 9.17. The summed E-state index contributed by atoms with van der Waals surface area (Å²) >= 11 is 0. The quantitative estimate of drug-likeness (QED) is 0.137. The number of rotatable bonds is 10. The molecule has 8 aromatic carbocycles. The molecule has 0 saturated heterocycles. The van der Waals surface area contributed by atoms with Crippen molar-refractivity contribution in [1.82, 2.24) is 9.55 Å². The van der Waals surface area contributed by atoms with Gasteiger partial charge in [0.05, 0.1) is 22.4 Å². The van der Waals surface area contributed by atoms with Gasteiger partial charge in [-0.05, 0) is 117 Å². The summed E-state index contributed by atoms with van der Waals surface area (Å²) in [5, 5.41) is 2.32. The van der Waals surface area contributed by atoms with Gasteiger partial charge in [-0.2, -0.15) is 0 Å². The molecule has 0 unspecified atom stereocenters. The van der Waals surface area contributed by atoms with Gasteiger partial charge in [-0.3, -0.25) is 4.57 Å².